The summed E-state index contributed by atoms with van der Waals surface area (Å²) in [6, 6.07) is 16.0. The molecule has 4 nitrogen and oxygen atoms in total. The van der Waals surface area contributed by atoms with Crippen molar-refractivity contribution in [1.29, 1.82) is 0 Å². The third-order valence-corrected chi connectivity index (χ3v) is 4.88. The van der Waals surface area contributed by atoms with Gasteiger partial charge in [-0.3, -0.25) is 4.79 Å². The summed E-state index contributed by atoms with van der Waals surface area (Å²) in [4.78, 5) is 13.0. The number of nitrogens with zero attached hydrogens (tertiary/aromatic N) is 1. The minimum absolute atomic E-state index is 0.0838. The van der Waals surface area contributed by atoms with Crippen LogP contribution < -0.4 is 10.2 Å². The molecule has 0 aliphatic rings. The Morgan fingerprint density at radius 3 is 2.52 bits per heavy atom. The number of carbonyl (C=O) groups excluding carboxylic acids is 1. The molecule has 27 heavy (non-hydrogen) atoms. The molecule has 0 aromatic heterocycles. The van der Waals surface area contributed by atoms with Gasteiger partial charge in [0.05, 0.1) is 12.8 Å². The molecule has 144 valence electrons. The maximum Gasteiger partial charge on any atom is 0.240 e. The number of hydrogen-bond donors (Lipinski definition) is 1. The van der Waals surface area contributed by atoms with Crippen molar-refractivity contribution in [2.75, 3.05) is 12.4 Å². The number of carbonyl (C=O) groups is 1. The summed E-state index contributed by atoms with van der Waals surface area (Å²) in [6.07, 6.45) is 3.11. The van der Waals surface area contributed by atoms with Crippen LogP contribution >= 0.6 is 11.8 Å². The van der Waals surface area contributed by atoms with E-state index in [1.807, 2.05) is 24.3 Å². The Morgan fingerprint density at radius 2 is 1.85 bits per heavy atom. The van der Waals surface area contributed by atoms with Crippen LogP contribution in [0.3, 0.4) is 0 Å². The SMILES string of the molecule is Cc1ccc(SCCC(=O)N/N=C\c2ccc(OCCC(C)C)cc2)cc1. The van der Waals surface area contributed by atoms with Crippen molar-refractivity contribution in [3.63, 3.8) is 0 Å². The van der Waals surface area contributed by atoms with E-state index in [-0.39, 0.29) is 5.91 Å². The number of hydrazone groups is 1. The lowest BCUT2D eigenvalue weighted by atomic mass is 10.1. The van der Waals surface area contributed by atoms with Crippen LogP contribution in [0, 0.1) is 12.8 Å². The fraction of sp³-hybridized carbons (Fsp3) is 0.364. The molecule has 0 atom stereocenters. The molecule has 0 aliphatic carbocycles. The van der Waals surface area contributed by atoms with E-state index in [4.69, 9.17) is 4.74 Å². The maximum atomic E-state index is 11.8. The molecule has 0 unspecified atom stereocenters. The topological polar surface area (TPSA) is 50.7 Å². The highest BCUT2D eigenvalue weighted by Crippen LogP contribution is 2.18. The number of amides is 1. The third-order valence-electron chi connectivity index (χ3n) is 3.87. The zero-order chi connectivity index (χ0) is 19.5. The summed E-state index contributed by atoms with van der Waals surface area (Å²) < 4.78 is 5.69. The molecule has 0 spiro atoms. The highest BCUT2D eigenvalue weighted by Gasteiger charge is 2.01. The Hall–Kier alpha value is -2.27. The molecule has 2 aromatic carbocycles. The second-order valence-corrected chi connectivity index (χ2v) is 7.97. The Bertz CT molecular complexity index is 725. The van der Waals surface area contributed by atoms with Crippen LogP contribution in [-0.4, -0.2) is 24.5 Å². The predicted octanol–water partition coefficient (Wildman–Crippen LogP) is 5.05. The van der Waals surface area contributed by atoms with Crippen LogP contribution in [0.25, 0.3) is 0 Å². The first kappa shape index (κ1) is 21.0. The quantitative estimate of drug-likeness (QED) is 0.354. The van der Waals surface area contributed by atoms with E-state index in [1.165, 1.54) is 10.5 Å². The fourth-order valence-electron chi connectivity index (χ4n) is 2.19. The third kappa shape index (κ3) is 8.78. The van der Waals surface area contributed by atoms with Crippen molar-refractivity contribution in [1.82, 2.24) is 5.43 Å². The van der Waals surface area contributed by atoms with Gasteiger partial charge in [0.25, 0.3) is 0 Å². The average molecular weight is 385 g/mol. The van der Waals surface area contributed by atoms with E-state index >= 15 is 0 Å². The van der Waals surface area contributed by atoms with Crippen molar-refractivity contribution in [3.05, 3.63) is 59.7 Å². The number of rotatable bonds is 10. The molecule has 1 amide bonds. The molecule has 2 rings (SSSR count). The number of nitrogens with one attached hydrogen (secondary N) is 1. The summed E-state index contributed by atoms with van der Waals surface area (Å²) in [5.41, 5.74) is 4.73. The normalized spacial score (nSPS) is 11.1. The van der Waals surface area contributed by atoms with E-state index < -0.39 is 0 Å². The van der Waals surface area contributed by atoms with Crippen LogP contribution in [0.15, 0.2) is 58.5 Å². The largest absolute Gasteiger partial charge is 0.494 e. The molecule has 0 heterocycles. The molecule has 0 radical (unpaired) electrons. The Labute approximate surface area is 166 Å². The lowest BCUT2D eigenvalue weighted by Gasteiger charge is -2.07. The van der Waals surface area contributed by atoms with Crippen LogP contribution in [-0.2, 0) is 4.79 Å². The maximum absolute atomic E-state index is 11.8. The van der Waals surface area contributed by atoms with Gasteiger partial charge in [-0.2, -0.15) is 5.10 Å². The average Bonchev–Trinajstić information content (AvgIpc) is 2.64. The molecule has 0 saturated heterocycles. The van der Waals surface area contributed by atoms with Gasteiger partial charge in [0.2, 0.25) is 5.91 Å². The Kier molecular flexibility index (Phi) is 8.92. The fourth-order valence-corrected chi connectivity index (χ4v) is 3.05. The predicted molar refractivity (Wildman–Crippen MR) is 114 cm³/mol. The van der Waals surface area contributed by atoms with Crippen LogP contribution in [0.2, 0.25) is 0 Å². The van der Waals surface area contributed by atoms with Crippen molar-refractivity contribution in [2.24, 2.45) is 11.0 Å². The van der Waals surface area contributed by atoms with Gasteiger partial charge in [0.15, 0.2) is 0 Å². The molecule has 0 aliphatic heterocycles. The zero-order valence-corrected chi connectivity index (χ0v) is 17.1. The number of aryl methyl sites for hydroxylation is 1. The van der Waals surface area contributed by atoms with Crippen molar-refractivity contribution < 1.29 is 9.53 Å². The van der Waals surface area contributed by atoms with E-state index in [1.54, 1.807) is 18.0 Å². The minimum atomic E-state index is -0.0838. The second-order valence-electron chi connectivity index (χ2n) is 6.80. The van der Waals surface area contributed by atoms with E-state index in [0.29, 0.717) is 12.3 Å². The molecular formula is C22H28N2O2S. The second kappa shape index (κ2) is 11.4. The Balaban J connectivity index is 1.66. The first-order chi connectivity index (χ1) is 13.0. The van der Waals surface area contributed by atoms with Gasteiger partial charge >= 0.3 is 0 Å². The summed E-state index contributed by atoms with van der Waals surface area (Å²) >= 11 is 1.67. The zero-order valence-electron chi connectivity index (χ0n) is 16.3. The highest BCUT2D eigenvalue weighted by atomic mass is 32.2. The van der Waals surface area contributed by atoms with Crippen LogP contribution in [0.4, 0.5) is 0 Å². The summed E-state index contributed by atoms with van der Waals surface area (Å²) in [7, 11) is 0. The van der Waals surface area contributed by atoms with Crippen molar-refractivity contribution >= 4 is 23.9 Å². The van der Waals surface area contributed by atoms with E-state index in [9.17, 15) is 4.79 Å². The van der Waals surface area contributed by atoms with Crippen LogP contribution in [0.1, 0.15) is 37.8 Å². The number of benzene rings is 2. The lowest BCUT2D eigenvalue weighted by Crippen LogP contribution is -2.17. The molecular weight excluding hydrogens is 356 g/mol. The lowest BCUT2D eigenvalue weighted by molar-refractivity contribution is -0.120. The first-order valence-electron chi connectivity index (χ1n) is 9.27. The van der Waals surface area contributed by atoms with Gasteiger partial charge in [0.1, 0.15) is 5.75 Å². The van der Waals surface area contributed by atoms with E-state index in [0.717, 1.165) is 30.1 Å². The standard InChI is InChI=1S/C22H28N2O2S/c1-17(2)12-14-26-20-8-6-19(7-9-20)16-23-24-22(25)13-15-27-21-10-4-18(3)5-11-21/h4-11,16-17H,12-15H2,1-3H3,(H,24,25)/b23-16-. The van der Waals surface area contributed by atoms with Gasteiger partial charge in [-0.25, -0.2) is 5.43 Å². The molecule has 1 N–H and O–H groups in total. The van der Waals surface area contributed by atoms with Gasteiger partial charge in [0, 0.05) is 17.1 Å². The number of thioether (sulfide) groups is 1. The van der Waals surface area contributed by atoms with Crippen LogP contribution in [0.5, 0.6) is 5.75 Å². The molecule has 0 saturated carbocycles. The number of hydrogen-bond acceptors (Lipinski definition) is 4. The molecule has 2 aromatic rings. The van der Waals surface area contributed by atoms with Crippen molar-refractivity contribution in [3.8, 4) is 5.75 Å². The van der Waals surface area contributed by atoms with Gasteiger partial charge < -0.3 is 4.74 Å². The monoisotopic (exact) mass is 384 g/mol. The molecule has 0 bridgehead atoms. The minimum Gasteiger partial charge on any atom is -0.494 e. The summed E-state index contributed by atoms with van der Waals surface area (Å²) in [5, 5.41) is 4.02. The molecule has 0 fully saturated rings. The summed E-state index contributed by atoms with van der Waals surface area (Å²) in [6.45, 7) is 7.14. The number of ether oxygens (including phenoxy) is 1. The summed E-state index contributed by atoms with van der Waals surface area (Å²) in [5.74, 6) is 2.13. The van der Waals surface area contributed by atoms with Gasteiger partial charge in [-0.15, -0.1) is 11.8 Å². The smallest absolute Gasteiger partial charge is 0.240 e. The van der Waals surface area contributed by atoms with Gasteiger partial charge in [-0.1, -0.05) is 31.5 Å². The molecule has 5 heteroatoms. The van der Waals surface area contributed by atoms with Gasteiger partial charge in [-0.05, 0) is 61.2 Å². The first-order valence-corrected chi connectivity index (χ1v) is 10.3. The van der Waals surface area contributed by atoms with Crippen molar-refractivity contribution in [2.45, 2.75) is 38.5 Å². The Morgan fingerprint density at radius 1 is 1.15 bits per heavy atom. The highest BCUT2D eigenvalue weighted by molar-refractivity contribution is 7.99. The van der Waals surface area contributed by atoms with E-state index in [2.05, 4.69) is 55.6 Å².